The van der Waals surface area contributed by atoms with E-state index in [1.807, 2.05) is 17.9 Å². The number of nitrogens with two attached hydrogens (primary N) is 1. The van der Waals surface area contributed by atoms with Gasteiger partial charge in [0.25, 0.3) is 0 Å². The van der Waals surface area contributed by atoms with Gasteiger partial charge >= 0.3 is 0 Å². The van der Waals surface area contributed by atoms with E-state index in [2.05, 4.69) is 10.1 Å². The number of carbonyl (C=O) groups excluding carboxylic acids is 1. The summed E-state index contributed by atoms with van der Waals surface area (Å²) < 4.78 is 28.2. The average Bonchev–Trinajstić information content (AvgIpc) is 3.56. The van der Waals surface area contributed by atoms with Crippen LogP contribution in [0.15, 0.2) is 24.5 Å². The summed E-state index contributed by atoms with van der Waals surface area (Å²) in [6.07, 6.45) is 2.76. The predicted octanol–water partition coefficient (Wildman–Crippen LogP) is 4.08. The van der Waals surface area contributed by atoms with Crippen LogP contribution in [0.4, 0.5) is 10.2 Å². The molecule has 10 heteroatoms. The van der Waals surface area contributed by atoms with Gasteiger partial charge in [0.05, 0.1) is 18.9 Å². The minimum atomic E-state index is -0.437. The molecule has 33 heavy (non-hydrogen) atoms. The number of thiophene rings is 1. The third-order valence-electron chi connectivity index (χ3n) is 6.25. The van der Waals surface area contributed by atoms with Gasteiger partial charge in [0.2, 0.25) is 5.91 Å². The average molecular weight is 470 g/mol. The minimum Gasteiger partial charge on any atom is -0.495 e. The first kappa shape index (κ1) is 21.4. The summed E-state index contributed by atoms with van der Waals surface area (Å²) in [5.74, 6) is 0.838. The highest BCUT2D eigenvalue weighted by atomic mass is 32.1. The van der Waals surface area contributed by atoms with Crippen molar-refractivity contribution in [2.24, 2.45) is 0 Å². The largest absolute Gasteiger partial charge is 0.495 e. The highest BCUT2D eigenvalue weighted by molar-refractivity contribution is 7.22. The van der Waals surface area contributed by atoms with Crippen LogP contribution in [0.1, 0.15) is 31.4 Å². The molecular formula is C23H24FN5O3S. The number of ether oxygens (including phenoxy) is 2. The summed E-state index contributed by atoms with van der Waals surface area (Å²) in [4.78, 5) is 19.1. The monoisotopic (exact) mass is 469 g/mol. The molecule has 0 spiro atoms. The number of hydrogen-bond acceptors (Lipinski definition) is 7. The van der Waals surface area contributed by atoms with Crippen LogP contribution in [0.5, 0.6) is 11.5 Å². The maximum absolute atomic E-state index is 15.0. The number of rotatable bonds is 5. The molecule has 0 radical (unpaired) electrons. The smallest absolute Gasteiger partial charge is 0.222 e. The van der Waals surface area contributed by atoms with Crippen molar-refractivity contribution in [3.05, 3.63) is 36.0 Å². The van der Waals surface area contributed by atoms with E-state index in [9.17, 15) is 4.79 Å². The third-order valence-corrected chi connectivity index (χ3v) is 7.43. The number of carbonyl (C=O) groups is 1. The first-order chi connectivity index (χ1) is 16.0. The fraction of sp³-hybridized carbons (Fsp3) is 0.348. The predicted molar refractivity (Wildman–Crippen MR) is 126 cm³/mol. The van der Waals surface area contributed by atoms with Gasteiger partial charge in [-0.1, -0.05) is 6.92 Å². The van der Waals surface area contributed by atoms with Gasteiger partial charge < -0.3 is 20.1 Å². The molecule has 1 aliphatic rings. The zero-order valence-electron chi connectivity index (χ0n) is 18.6. The molecule has 1 atom stereocenters. The second-order valence-electron chi connectivity index (χ2n) is 8.02. The van der Waals surface area contributed by atoms with Crippen LogP contribution in [0.25, 0.3) is 26.0 Å². The van der Waals surface area contributed by atoms with E-state index in [4.69, 9.17) is 15.2 Å². The Kier molecular flexibility index (Phi) is 5.32. The van der Waals surface area contributed by atoms with Gasteiger partial charge in [-0.25, -0.2) is 13.9 Å². The molecule has 2 N–H and O–H groups in total. The fourth-order valence-electron chi connectivity index (χ4n) is 4.57. The van der Waals surface area contributed by atoms with Crippen molar-refractivity contribution in [3.63, 3.8) is 0 Å². The number of anilines is 1. The lowest BCUT2D eigenvalue weighted by atomic mass is 10.0. The number of halogens is 1. The lowest BCUT2D eigenvalue weighted by Gasteiger charge is -2.15. The van der Waals surface area contributed by atoms with Crippen molar-refractivity contribution >= 4 is 38.7 Å². The van der Waals surface area contributed by atoms with Crippen molar-refractivity contribution in [1.29, 1.82) is 0 Å². The van der Waals surface area contributed by atoms with Crippen LogP contribution in [0.2, 0.25) is 0 Å². The van der Waals surface area contributed by atoms with Gasteiger partial charge in [0.1, 0.15) is 17.6 Å². The van der Waals surface area contributed by atoms with Crippen LogP contribution in [0.3, 0.4) is 0 Å². The summed E-state index contributed by atoms with van der Waals surface area (Å²) >= 11 is 1.41. The van der Waals surface area contributed by atoms with Crippen LogP contribution < -0.4 is 15.2 Å². The molecule has 1 aromatic carbocycles. The van der Waals surface area contributed by atoms with Crippen LogP contribution in [-0.2, 0) is 4.79 Å². The zero-order chi connectivity index (χ0) is 23.3. The zero-order valence-corrected chi connectivity index (χ0v) is 19.4. The molecule has 172 valence electrons. The minimum absolute atomic E-state index is 0.122. The van der Waals surface area contributed by atoms with Gasteiger partial charge in [-0.05, 0) is 18.6 Å². The molecule has 4 heterocycles. The number of benzene rings is 1. The maximum atomic E-state index is 15.0. The third kappa shape index (κ3) is 3.36. The number of nitrogen functional groups attached to an aromatic ring is 1. The summed E-state index contributed by atoms with van der Waals surface area (Å²) in [6.45, 7) is 3.22. The van der Waals surface area contributed by atoms with Gasteiger partial charge in [0.15, 0.2) is 17.4 Å². The highest BCUT2D eigenvalue weighted by Gasteiger charge is 2.30. The lowest BCUT2D eigenvalue weighted by Crippen LogP contribution is -2.27. The molecule has 3 aromatic heterocycles. The van der Waals surface area contributed by atoms with E-state index >= 15 is 4.39 Å². The standard InChI is InChI=1S/C23H24FN5O3S/c1-4-19(30)28-6-5-12(10-28)15-7-13(21-23(25)26-11-27-29(15)21)18-8-14-20(24)16(31-2)9-17(32-3)22(14)33-18/h7-9,11-12H,4-6,10H2,1-3H3,(H2,25,26,27)/t12-/m0/s1. The van der Waals surface area contributed by atoms with E-state index < -0.39 is 5.82 Å². The fourth-order valence-corrected chi connectivity index (χ4v) is 5.74. The molecule has 0 aliphatic carbocycles. The quantitative estimate of drug-likeness (QED) is 0.473. The van der Waals surface area contributed by atoms with Crippen molar-refractivity contribution < 1.29 is 18.7 Å². The summed E-state index contributed by atoms with van der Waals surface area (Å²) in [5.41, 5.74) is 8.74. The normalized spacial score (nSPS) is 16.1. The van der Waals surface area contributed by atoms with Crippen LogP contribution in [0, 0.1) is 5.82 Å². The molecule has 4 aromatic rings. The number of hydrogen-bond donors (Lipinski definition) is 1. The Labute approximate surface area is 193 Å². The first-order valence-corrected chi connectivity index (χ1v) is 11.5. The van der Waals surface area contributed by atoms with Gasteiger partial charge in [-0.15, -0.1) is 11.3 Å². The first-order valence-electron chi connectivity index (χ1n) is 10.7. The van der Waals surface area contributed by atoms with E-state index in [1.165, 1.54) is 24.8 Å². The SMILES string of the molecule is CCC(=O)N1CC[C@H](c2cc(-c3cc4c(F)c(OC)cc(OC)c4s3)c3c(N)ncnn23)C1. The molecule has 1 amide bonds. The highest BCUT2D eigenvalue weighted by Crippen LogP contribution is 2.45. The Morgan fingerprint density at radius 2 is 2.06 bits per heavy atom. The van der Waals surface area contributed by atoms with Gasteiger partial charge in [0, 0.05) is 53.0 Å². The molecule has 8 nitrogen and oxygen atoms in total. The molecular weight excluding hydrogens is 445 g/mol. The molecule has 0 bridgehead atoms. The number of aromatic nitrogens is 3. The number of methoxy groups -OCH3 is 2. The molecule has 1 saturated heterocycles. The van der Waals surface area contributed by atoms with Crippen molar-refractivity contribution in [3.8, 4) is 21.9 Å². The van der Waals surface area contributed by atoms with Crippen LogP contribution in [-0.4, -0.2) is 52.7 Å². The summed E-state index contributed by atoms with van der Waals surface area (Å²) in [5, 5.41) is 4.88. The Morgan fingerprint density at radius 1 is 1.27 bits per heavy atom. The Balaban J connectivity index is 1.68. The molecule has 1 aliphatic heterocycles. The van der Waals surface area contributed by atoms with Crippen LogP contribution >= 0.6 is 11.3 Å². The van der Waals surface area contributed by atoms with Gasteiger partial charge in [-0.3, -0.25) is 4.79 Å². The second kappa shape index (κ2) is 8.18. The molecule has 1 fully saturated rings. The number of likely N-dealkylation sites (tertiary alicyclic amines) is 1. The van der Waals surface area contributed by atoms with Gasteiger partial charge in [-0.2, -0.15) is 5.10 Å². The second-order valence-corrected chi connectivity index (χ2v) is 9.07. The molecule has 0 saturated carbocycles. The number of amides is 1. The Hall–Kier alpha value is -3.40. The Bertz CT molecular complexity index is 1380. The van der Waals surface area contributed by atoms with Crippen molar-refractivity contribution in [2.75, 3.05) is 33.0 Å². The van der Waals surface area contributed by atoms with Crippen molar-refractivity contribution in [1.82, 2.24) is 19.5 Å². The van der Waals surface area contributed by atoms with E-state index in [1.54, 1.807) is 23.8 Å². The van der Waals surface area contributed by atoms with Crippen molar-refractivity contribution in [2.45, 2.75) is 25.7 Å². The van der Waals surface area contributed by atoms with E-state index in [0.717, 1.165) is 22.6 Å². The lowest BCUT2D eigenvalue weighted by molar-refractivity contribution is -0.129. The summed E-state index contributed by atoms with van der Waals surface area (Å²) in [6, 6.07) is 5.38. The molecule has 5 rings (SSSR count). The maximum Gasteiger partial charge on any atom is 0.222 e. The van der Waals surface area contributed by atoms with E-state index in [-0.39, 0.29) is 17.6 Å². The van der Waals surface area contributed by atoms with E-state index in [0.29, 0.717) is 46.7 Å². The number of nitrogens with zero attached hydrogens (tertiary/aromatic N) is 4. The number of fused-ring (bicyclic) bond motifs is 2. The Morgan fingerprint density at radius 3 is 2.79 bits per heavy atom. The topological polar surface area (TPSA) is 95.0 Å². The molecule has 0 unspecified atom stereocenters. The summed E-state index contributed by atoms with van der Waals surface area (Å²) in [7, 11) is 2.98.